The van der Waals surface area contributed by atoms with Crippen LogP contribution in [0, 0.1) is 6.92 Å². The normalized spacial score (nSPS) is 9.69. The average molecular weight is 198 g/mol. The molecule has 0 aliphatic carbocycles. The zero-order valence-electron chi connectivity index (χ0n) is 7.55. The number of hydrogen-bond donors (Lipinski definition) is 1. The van der Waals surface area contributed by atoms with E-state index in [1.54, 1.807) is 6.20 Å². The molecule has 0 unspecified atom stereocenters. The lowest BCUT2D eigenvalue weighted by molar-refractivity contribution is 1.02. The molecule has 0 atom stereocenters. The van der Waals surface area contributed by atoms with Crippen molar-refractivity contribution in [1.29, 1.82) is 0 Å². The maximum atomic E-state index is 5.65. The molecule has 0 radical (unpaired) electrons. The van der Waals surface area contributed by atoms with Crippen LogP contribution in [0.15, 0.2) is 18.9 Å². The highest BCUT2D eigenvalue weighted by atomic mass is 35.5. The zero-order valence-corrected chi connectivity index (χ0v) is 8.30. The fourth-order valence-electron chi connectivity index (χ4n) is 0.892. The molecule has 4 heteroatoms. The molecule has 1 aromatic heterocycles. The van der Waals surface area contributed by atoms with Crippen molar-refractivity contribution in [3.05, 3.63) is 29.7 Å². The summed E-state index contributed by atoms with van der Waals surface area (Å²) in [6.07, 6.45) is 4.46. The van der Waals surface area contributed by atoms with E-state index in [9.17, 15) is 0 Å². The lowest BCUT2D eigenvalue weighted by Gasteiger charge is -2.06. The minimum Gasteiger partial charge on any atom is -0.369 e. The molecule has 1 N–H and O–H groups in total. The van der Waals surface area contributed by atoms with Crippen LogP contribution in [0.5, 0.6) is 0 Å². The number of aromatic nitrogens is 2. The van der Waals surface area contributed by atoms with Crippen molar-refractivity contribution in [2.75, 3.05) is 11.9 Å². The Bertz CT molecular complexity index is 299. The van der Waals surface area contributed by atoms with Gasteiger partial charge in [0.05, 0.1) is 0 Å². The molecule has 0 saturated carbocycles. The van der Waals surface area contributed by atoms with Crippen LogP contribution < -0.4 is 5.32 Å². The van der Waals surface area contributed by atoms with E-state index < -0.39 is 0 Å². The Kier molecular flexibility index (Phi) is 3.71. The van der Waals surface area contributed by atoms with Gasteiger partial charge in [-0.25, -0.2) is 9.97 Å². The van der Waals surface area contributed by atoms with E-state index >= 15 is 0 Å². The molecule has 70 valence electrons. The van der Waals surface area contributed by atoms with Crippen molar-refractivity contribution in [2.24, 2.45) is 0 Å². The molecule has 1 rings (SSSR count). The molecule has 0 aromatic carbocycles. The monoisotopic (exact) mass is 197 g/mol. The number of nitrogens with zero attached hydrogens (tertiary/aromatic N) is 2. The van der Waals surface area contributed by atoms with Gasteiger partial charge in [-0.05, 0) is 24.9 Å². The summed E-state index contributed by atoms with van der Waals surface area (Å²) in [5.74, 6) is 0.793. The summed E-state index contributed by atoms with van der Waals surface area (Å²) >= 11 is 5.65. The van der Waals surface area contributed by atoms with Crippen molar-refractivity contribution in [2.45, 2.75) is 13.3 Å². The Hall–Kier alpha value is -1.09. The van der Waals surface area contributed by atoms with Crippen molar-refractivity contribution >= 4 is 17.4 Å². The molecule has 0 bridgehead atoms. The lowest BCUT2D eigenvalue weighted by atomic mass is 10.3. The fraction of sp³-hybridized carbons (Fsp3) is 0.333. The van der Waals surface area contributed by atoms with E-state index in [1.165, 1.54) is 0 Å². The van der Waals surface area contributed by atoms with Gasteiger partial charge in [0.15, 0.2) is 0 Å². The first-order valence-corrected chi connectivity index (χ1v) is 4.45. The van der Waals surface area contributed by atoms with Crippen LogP contribution in [0.4, 0.5) is 5.82 Å². The molecule has 0 amide bonds. The highest BCUT2D eigenvalue weighted by Crippen LogP contribution is 2.12. The number of nitrogens with one attached hydrogen (secondary N) is 1. The Morgan fingerprint density at radius 1 is 1.69 bits per heavy atom. The minimum absolute atomic E-state index is 0.270. The molecule has 0 fully saturated rings. The van der Waals surface area contributed by atoms with Gasteiger partial charge in [-0.1, -0.05) is 6.08 Å². The third-order valence-electron chi connectivity index (χ3n) is 1.58. The first-order chi connectivity index (χ1) is 6.24. The van der Waals surface area contributed by atoms with Gasteiger partial charge in [0.25, 0.3) is 0 Å². The zero-order chi connectivity index (χ0) is 9.68. The Balaban J connectivity index is 2.64. The summed E-state index contributed by atoms with van der Waals surface area (Å²) < 4.78 is 0. The average Bonchev–Trinajstić information content (AvgIpc) is 2.11. The number of halogens is 1. The lowest BCUT2D eigenvalue weighted by Crippen LogP contribution is -2.04. The summed E-state index contributed by atoms with van der Waals surface area (Å²) in [6.45, 7) is 6.39. The van der Waals surface area contributed by atoms with Gasteiger partial charge in [-0.15, -0.1) is 6.58 Å². The van der Waals surface area contributed by atoms with Gasteiger partial charge in [0.1, 0.15) is 5.82 Å². The minimum atomic E-state index is 0.270. The van der Waals surface area contributed by atoms with E-state index in [2.05, 4.69) is 21.9 Å². The number of aryl methyl sites for hydroxylation is 1. The van der Waals surface area contributed by atoms with Crippen molar-refractivity contribution in [3.8, 4) is 0 Å². The molecular weight excluding hydrogens is 186 g/mol. The standard InChI is InChI=1S/C9H12ClN3/c1-3-4-5-11-8-7(2)6-12-9(10)13-8/h3,6H,1,4-5H2,2H3,(H,11,12,13). The summed E-state index contributed by atoms with van der Waals surface area (Å²) in [5, 5.41) is 3.42. The summed E-state index contributed by atoms with van der Waals surface area (Å²) in [5.41, 5.74) is 0.994. The quantitative estimate of drug-likeness (QED) is 0.458. The Morgan fingerprint density at radius 3 is 3.15 bits per heavy atom. The number of hydrogen-bond acceptors (Lipinski definition) is 3. The summed E-state index contributed by atoms with van der Waals surface area (Å²) in [7, 11) is 0. The molecule has 1 aromatic rings. The first-order valence-electron chi connectivity index (χ1n) is 4.08. The highest BCUT2D eigenvalue weighted by molar-refractivity contribution is 6.28. The molecule has 0 aliphatic rings. The number of anilines is 1. The van der Waals surface area contributed by atoms with E-state index in [4.69, 9.17) is 11.6 Å². The van der Waals surface area contributed by atoms with Crippen LogP contribution in [0.25, 0.3) is 0 Å². The summed E-state index contributed by atoms with van der Waals surface area (Å²) in [4.78, 5) is 7.92. The van der Waals surface area contributed by atoms with Crippen molar-refractivity contribution < 1.29 is 0 Å². The van der Waals surface area contributed by atoms with Crippen molar-refractivity contribution in [3.63, 3.8) is 0 Å². The first kappa shape index (κ1) is 9.99. The van der Waals surface area contributed by atoms with E-state index in [0.29, 0.717) is 0 Å². The fourth-order valence-corrected chi connectivity index (χ4v) is 1.03. The number of rotatable bonds is 4. The van der Waals surface area contributed by atoms with E-state index in [0.717, 1.165) is 24.3 Å². The molecule has 1 heterocycles. The predicted octanol–water partition coefficient (Wildman–Crippen LogP) is 2.43. The second kappa shape index (κ2) is 4.82. The largest absolute Gasteiger partial charge is 0.369 e. The van der Waals surface area contributed by atoms with Gasteiger partial charge >= 0.3 is 0 Å². The second-order valence-electron chi connectivity index (χ2n) is 2.67. The third-order valence-corrected chi connectivity index (χ3v) is 1.77. The Labute approximate surface area is 82.9 Å². The van der Waals surface area contributed by atoms with Crippen LogP contribution >= 0.6 is 11.6 Å². The van der Waals surface area contributed by atoms with Crippen LogP contribution in [0.3, 0.4) is 0 Å². The maximum absolute atomic E-state index is 5.65. The second-order valence-corrected chi connectivity index (χ2v) is 3.01. The van der Waals surface area contributed by atoms with E-state index in [-0.39, 0.29) is 5.28 Å². The van der Waals surface area contributed by atoms with Crippen LogP contribution in [0.2, 0.25) is 5.28 Å². The van der Waals surface area contributed by atoms with Crippen molar-refractivity contribution in [1.82, 2.24) is 9.97 Å². The smallest absolute Gasteiger partial charge is 0.224 e. The SMILES string of the molecule is C=CCCNc1nc(Cl)ncc1C. The Morgan fingerprint density at radius 2 is 2.46 bits per heavy atom. The van der Waals surface area contributed by atoms with Crippen LogP contribution in [0.1, 0.15) is 12.0 Å². The molecule has 0 saturated heterocycles. The topological polar surface area (TPSA) is 37.8 Å². The molecule has 0 aliphatic heterocycles. The third kappa shape index (κ3) is 3.03. The molecule has 0 spiro atoms. The van der Waals surface area contributed by atoms with Gasteiger partial charge in [0.2, 0.25) is 5.28 Å². The van der Waals surface area contributed by atoms with Gasteiger partial charge < -0.3 is 5.32 Å². The molecule has 3 nitrogen and oxygen atoms in total. The maximum Gasteiger partial charge on any atom is 0.224 e. The van der Waals surface area contributed by atoms with E-state index in [1.807, 2.05) is 13.0 Å². The van der Waals surface area contributed by atoms with Gasteiger partial charge in [0, 0.05) is 18.3 Å². The molecular formula is C9H12ClN3. The van der Waals surface area contributed by atoms with Crippen LogP contribution in [-0.2, 0) is 0 Å². The van der Waals surface area contributed by atoms with Crippen LogP contribution in [-0.4, -0.2) is 16.5 Å². The highest BCUT2D eigenvalue weighted by Gasteiger charge is 1.99. The van der Waals surface area contributed by atoms with Gasteiger partial charge in [-0.2, -0.15) is 0 Å². The summed E-state index contributed by atoms with van der Waals surface area (Å²) in [6, 6.07) is 0. The molecule has 13 heavy (non-hydrogen) atoms. The van der Waals surface area contributed by atoms with Gasteiger partial charge in [-0.3, -0.25) is 0 Å². The predicted molar refractivity (Wildman–Crippen MR) is 55.1 cm³/mol.